The van der Waals surface area contributed by atoms with E-state index >= 15 is 0 Å². The van der Waals surface area contributed by atoms with Crippen LogP contribution in [0.5, 0.6) is 0 Å². The Hall–Kier alpha value is -7.20. The number of ketones is 2. The van der Waals surface area contributed by atoms with Gasteiger partial charge in [0, 0.05) is 90.9 Å². The number of piperidine rings is 2. The van der Waals surface area contributed by atoms with Gasteiger partial charge in [-0.15, -0.1) is 0 Å². The Morgan fingerprint density at radius 1 is 0.886 bits per heavy atom. The van der Waals surface area contributed by atoms with Gasteiger partial charge in [0.25, 0.3) is 11.8 Å². The number of rotatable bonds is 17. The lowest BCUT2D eigenvalue weighted by atomic mass is 9.76. The van der Waals surface area contributed by atoms with Crippen LogP contribution in [0.2, 0.25) is 0 Å². The number of H-pyrrole nitrogens is 1. The molecule has 19 nitrogen and oxygen atoms in total. The number of Topliss-reactive ketones (excluding diaryl/α,β-unsaturated/α-hetero) is 2. The molecule has 6 heterocycles. The third kappa shape index (κ3) is 13.0. The molecule has 6 aliphatic rings. The number of nitrogens with two attached hydrogens (primary N) is 1. The molecule has 1 saturated carbocycles. The van der Waals surface area contributed by atoms with Crippen molar-refractivity contribution in [1.29, 1.82) is 0 Å². The maximum atomic E-state index is 14.7. The number of carbonyl (C=O) groups excluding carboxylic acids is 10. The number of imide groups is 1. The highest BCUT2D eigenvalue weighted by Crippen LogP contribution is 2.37. The van der Waals surface area contributed by atoms with Crippen molar-refractivity contribution in [1.82, 2.24) is 40.5 Å². The Morgan fingerprint density at radius 3 is 2.38 bits per heavy atom. The van der Waals surface area contributed by atoms with Crippen molar-refractivity contribution in [2.45, 2.75) is 172 Å². The number of carbonyl (C=O) groups is 10. The van der Waals surface area contributed by atoms with Crippen LogP contribution in [-0.4, -0.2) is 147 Å². The number of fused-ring (bicyclic) bond motifs is 3. The topological polar surface area (TPSA) is 262 Å². The van der Waals surface area contributed by atoms with Gasteiger partial charge in [0.2, 0.25) is 35.4 Å². The zero-order valence-corrected chi connectivity index (χ0v) is 45.7. The quantitative estimate of drug-likeness (QED) is 0.0704. The van der Waals surface area contributed by atoms with Crippen molar-refractivity contribution in [2.24, 2.45) is 23.5 Å². The summed E-state index contributed by atoms with van der Waals surface area (Å²) in [5, 5.41) is 8.92. The van der Waals surface area contributed by atoms with E-state index in [2.05, 4.69) is 37.7 Å². The minimum atomic E-state index is -1.13. The van der Waals surface area contributed by atoms with Gasteiger partial charge in [-0.1, -0.05) is 37.2 Å². The number of nitrogens with zero attached hydrogens (tertiary/aromatic N) is 4. The van der Waals surface area contributed by atoms with Gasteiger partial charge in [-0.05, 0) is 152 Å². The number of nitrogens with one attached hydrogen (secondary N) is 4. The first-order valence-electron chi connectivity index (χ1n) is 28.5. The molecular weight excluding hydrogens is 1010 g/mol. The lowest BCUT2D eigenvalue weighted by molar-refractivity contribution is -0.144. The standard InChI is InChI=1S/C60H75N9O10/c1-35(70)39-16-19-46-40(30-39)31-49(62-46)55(74)64-48-20-17-41(66(2)3)32-42-18-22-51(69(42)60(48)79)57(76)63-47(21-24-53(61)72)52(71)33-44(37-11-5-4-6-12-37)58(77)67-28-26-36(27-29-67)10-7-8-13-38-14-9-15-43-45(38)34-68(59(43)78)50-23-25-54(73)65-56(50)75/h9,14-16,19,30-31,36-37,41-42,44,47-48,50-51,62H,4-7,10-12,17-18,20-29,32-34H2,1-3H3,(H2,61,72)(H,63,76)(H,64,74)(H,65,73,75)/t41-,42-,44+,47+,48+,50?,51+/m1/s1. The summed E-state index contributed by atoms with van der Waals surface area (Å²) in [6, 6.07) is 8.16. The Kier molecular flexibility index (Phi) is 17.8. The van der Waals surface area contributed by atoms with Crippen molar-refractivity contribution >= 4 is 69.7 Å². The molecule has 2 aromatic carbocycles. The van der Waals surface area contributed by atoms with E-state index in [0.29, 0.717) is 79.6 Å². The number of benzene rings is 2. The van der Waals surface area contributed by atoms with E-state index in [1.165, 1.54) is 11.8 Å². The molecule has 9 rings (SSSR count). The molecule has 7 atom stereocenters. The Bertz CT molecular complexity index is 2960. The van der Waals surface area contributed by atoms with Crippen molar-refractivity contribution in [3.8, 4) is 11.8 Å². The maximum absolute atomic E-state index is 14.7. The summed E-state index contributed by atoms with van der Waals surface area (Å²) in [6.07, 6.45) is 10.1. The van der Waals surface area contributed by atoms with Gasteiger partial charge >= 0.3 is 0 Å². The van der Waals surface area contributed by atoms with Gasteiger partial charge in [0.1, 0.15) is 23.8 Å². The summed E-state index contributed by atoms with van der Waals surface area (Å²) in [5.41, 5.74) is 9.06. The first-order chi connectivity index (χ1) is 37.9. The van der Waals surface area contributed by atoms with Crippen LogP contribution in [-0.2, 0) is 40.1 Å². The molecule has 4 saturated heterocycles. The molecule has 1 unspecified atom stereocenters. The molecule has 5 fully saturated rings. The minimum Gasteiger partial charge on any atom is -0.370 e. The predicted octanol–water partition coefficient (Wildman–Crippen LogP) is 4.68. The summed E-state index contributed by atoms with van der Waals surface area (Å²) < 4.78 is 0. The van der Waals surface area contributed by atoms with Crippen molar-refractivity contribution in [2.75, 3.05) is 27.2 Å². The van der Waals surface area contributed by atoms with E-state index in [0.717, 1.165) is 62.5 Å². The molecular formula is C60H75N9O10. The van der Waals surface area contributed by atoms with E-state index in [1.54, 1.807) is 41.3 Å². The summed E-state index contributed by atoms with van der Waals surface area (Å²) in [7, 11) is 3.94. The zero-order valence-electron chi connectivity index (χ0n) is 45.7. The second-order valence-corrected chi connectivity index (χ2v) is 23.1. The largest absolute Gasteiger partial charge is 0.370 e. The summed E-state index contributed by atoms with van der Waals surface area (Å²) in [6.45, 7) is 2.79. The van der Waals surface area contributed by atoms with E-state index in [4.69, 9.17) is 5.73 Å². The second-order valence-electron chi connectivity index (χ2n) is 23.1. The molecule has 8 amide bonds. The number of aromatic nitrogens is 1. The summed E-state index contributed by atoms with van der Waals surface area (Å²) in [5.74, 6) is 2.63. The molecule has 3 aromatic rings. The van der Waals surface area contributed by atoms with Crippen LogP contribution < -0.4 is 21.7 Å². The SMILES string of the molecule is CC(=O)c1ccc2[nH]c(C(=O)N[C@H]3CC[C@@H](N(C)C)C[C@H]4CC[C@@H](C(=O)N[C@@H](CCC(N)=O)C(=O)C[C@H](C(=O)N5CCC(CCC#Cc6cccc7c6CN(C6CCC(=O)NC6=O)C7=O)CC5)C5CCCCC5)N4C3=O)cc2c1. The summed E-state index contributed by atoms with van der Waals surface area (Å²) in [4.78, 5) is 145. The third-order valence-electron chi connectivity index (χ3n) is 17.7. The molecule has 1 aliphatic carbocycles. The number of likely N-dealkylation sites (tertiary alicyclic amines) is 1. The highest BCUT2D eigenvalue weighted by atomic mass is 16.2. The first kappa shape index (κ1) is 56.5. The maximum Gasteiger partial charge on any atom is 0.268 e. The first-order valence-corrected chi connectivity index (χ1v) is 28.5. The zero-order chi connectivity index (χ0) is 56.1. The minimum absolute atomic E-state index is 0.0232. The number of aromatic amines is 1. The second kappa shape index (κ2) is 24.9. The van der Waals surface area contributed by atoms with Crippen molar-refractivity contribution in [3.63, 3.8) is 0 Å². The Morgan fingerprint density at radius 2 is 1.66 bits per heavy atom. The summed E-state index contributed by atoms with van der Waals surface area (Å²) >= 11 is 0. The highest BCUT2D eigenvalue weighted by Gasteiger charge is 2.47. The number of amides is 8. The fourth-order valence-corrected chi connectivity index (χ4v) is 13.1. The van der Waals surface area contributed by atoms with E-state index < -0.39 is 59.6 Å². The van der Waals surface area contributed by atoms with Gasteiger partial charge in [0.15, 0.2) is 11.6 Å². The molecule has 0 radical (unpaired) electrons. The molecule has 79 heavy (non-hydrogen) atoms. The van der Waals surface area contributed by atoms with Gasteiger partial charge in [-0.3, -0.25) is 53.3 Å². The molecule has 6 N–H and O–H groups in total. The van der Waals surface area contributed by atoms with Gasteiger partial charge < -0.3 is 41.0 Å². The van der Waals surface area contributed by atoms with Gasteiger partial charge in [0.05, 0.1) is 6.04 Å². The average molecular weight is 1080 g/mol. The van der Waals surface area contributed by atoms with Crippen molar-refractivity contribution in [3.05, 3.63) is 70.4 Å². The highest BCUT2D eigenvalue weighted by molar-refractivity contribution is 6.06. The van der Waals surface area contributed by atoms with Crippen LogP contribution in [0, 0.1) is 29.6 Å². The number of hydrogen-bond donors (Lipinski definition) is 5. The molecule has 0 spiro atoms. The molecule has 0 bridgehead atoms. The Balaban J connectivity index is 0.835. The number of primary amides is 1. The average Bonchev–Trinajstić information content (AvgIpc) is 4.35. The van der Waals surface area contributed by atoms with E-state index in [-0.39, 0.29) is 91.6 Å². The normalized spacial score (nSPS) is 23.7. The monoisotopic (exact) mass is 1080 g/mol. The van der Waals surface area contributed by atoms with Crippen LogP contribution in [0.25, 0.3) is 10.9 Å². The lowest BCUT2D eigenvalue weighted by Gasteiger charge is -2.39. The van der Waals surface area contributed by atoms with Crippen LogP contribution in [0.15, 0.2) is 42.5 Å². The lowest BCUT2D eigenvalue weighted by Crippen LogP contribution is -2.59. The molecule has 5 aliphatic heterocycles. The predicted molar refractivity (Wildman–Crippen MR) is 292 cm³/mol. The Labute approximate surface area is 461 Å². The van der Waals surface area contributed by atoms with E-state index in [1.807, 2.05) is 25.1 Å². The fraction of sp³-hybridized carbons (Fsp3) is 0.567. The third-order valence-corrected chi connectivity index (χ3v) is 17.7. The smallest absolute Gasteiger partial charge is 0.268 e. The van der Waals surface area contributed by atoms with Crippen LogP contribution in [0.1, 0.15) is 171 Å². The van der Waals surface area contributed by atoms with Gasteiger partial charge in [-0.25, -0.2) is 0 Å². The molecule has 19 heteroatoms. The fourth-order valence-electron chi connectivity index (χ4n) is 13.1. The van der Waals surface area contributed by atoms with Crippen LogP contribution >= 0.6 is 0 Å². The van der Waals surface area contributed by atoms with Gasteiger partial charge in [-0.2, -0.15) is 0 Å². The van der Waals surface area contributed by atoms with Crippen LogP contribution in [0.4, 0.5) is 0 Å². The van der Waals surface area contributed by atoms with E-state index in [9.17, 15) is 47.9 Å². The van der Waals surface area contributed by atoms with Crippen molar-refractivity contribution < 1.29 is 47.9 Å². The molecule has 1 aromatic heterocycles. The van der Waals surface area contributed by atoms with Crippen LogP contribution in [0.3, 0.4) is 0 Å². The molecule has 420 valence electrons. The number of hydrogen-bond acceptors (Lipinski definition) is 11.